The number of hydrogen-bond donors (Lipinski definition) is 2. The summed E-state index contributed by atoms with van der Waals surface area (Å²) in [4.78, 5) is 35.4. The topological polar surface area (TPSA) is 99.7 Å². The van der Waals surface area contributed by atoms with Crippen LogP contribution in [0, 0.1) is 0 Å². The van der Waals surface area contributed by atoms with Crippen LogP contribution in [-0.4, -0.2) is 53.9 Å². The minimum Gasteiger partial charge on any atom is -0.351 e. The van der Waals surface area contributed by atoms with Gasteiger partial charge in [-0.1, -0.05) is 6.07 Å². The molecule has 6 rings (SSSR count). The molecule has 1 saturated carbocycles. The van der Waals surface area contributed by atoms with Crippen molar-refractivity contribution < 1.29 is 4.79 Å². The van der Waals surface area contributed by atoms with Crippen LogP contribution < -0.4 is 5.32 Å². The van der Waals surface area contributed by atoms with Crippen LogP contribution in [-0.2, 0) is 4.79 Å². The summed E-state index contributed by atoms with van der Waals surface area (Å²) < 4.78 is 0. The predicted molar refractivity (Wildman–Crippen MR) is 118 cm³/mol. The minimum absolute atomic E-state index is 0.0338. The lowest BCUT2D eigenvalue weighted by Crippen LogP contribution is -2.59. The highest BCUT2D eigenvalue weighted by atomic mass is 16.2. The van der Waals surface area contributed by atoms with Gasteiger partial charge in [-0.25, -0.2) is 4.98 Å². The Morgan fingerprint density at radius 1 is 1.16 bits per heavy atom. The van der Waals surface area contributed by atoms with Crippen molar-refractivity contribution in [2.24, 2.45) is 0 Å². The molecule has 1 amide bonds. The molecule has 1 aliphatic heterocycles. The van der Waals surface area contributed by atoms with Gasteiger partial charge in [-0.05, 0) is 43.9 Å². The maximum atomic E-state index is 12.1. The van der Waals surface area contributed by atoms with Gasteiger partial charge in [-0.2, -0.15) is 4.98 Å². The third-order valence-corrected chi connectivity index (χ3v) is 6.64. The first-order chi connectivity index (χ1) is 15.1. The Kier molecular flexibility index (Phi) is 3.96. The van der Waals surface area contributed by atoms with Crippen LogP contribution in [0.25, 0.3) is 33.2 Å². The van der Waals surface area contributed by atoms with Gasteiger partial charge in [0.15, 0.2) is 0 Å². The molecular formula is C23H23N7O. The van der Waals surface area contributed by atoms with Crippen LogP contribution in [0.1, 0.15) is 32.6 Å². The SMILES string of the molecule is C[C@]1(N2CCCC2=O)C[C@@H](Nc2ncc3c(-c4ccc5nccnc5c4)c[nH]c3n2)C1. The average molecular weight is 413 g/mol. The lowest BCUT2D eigenvalue weighted by molar-refractivity contribution is -0.136. The van der Waals surface area contributed by atoms with Crippen molar-refractivity contribution in [2.75, 3.05) is 11.9 Å². The molecule has 0 atom stereocenters. The summed E-state index contributed by atoms with van der Waals surface area (Å²) in [6.07, 6.45) is 10.7. The molecule has 156 valence electrons. The Balaban J connectivity index is 1.21. The van der Waals surface area contributed by atoms with Gasteiger partial charge in [0.1, 0.15) is 5.65 Å². The zero-order chi connectivity index (χ0) is 21.0. The first-order valence-electron chi connectivity index (χ1n) is 10.7. The van der Waals surface area contributed by atoms with Crippen LogP contribution >= 0.6 is 0 Å². The molecule has 0 spiro atoms. The second kappa shape index (κ2) is 6.73. The van der Waals surface area contributed by atoms with E-state index in [1.165, 1.54) is 0 Å². The number of likely N-dealkylation sites (tertiary alicyclic amines) is 1. The Morgan fingerprint density at radius 2 is 2.00 bits per heavy atom. The van der Waals surface area contributed by atoms with E-state index in [2.05, 4.69) is 42.1 Å². The number of nitrogens with zero attached hydrogens (tertiary/aromatic N) is 5. The monoisotopic (exact) mass is 413 g/mol. The highest BCUT2D eigenvalue weighted by Crippen LogP contribution is 2.41. The second-order valence-corrected chi connectivity index (χ2v) is 8.81. The first kappa shape index (κ1) is 18.2. The number of benzene rings is 1. The van der Waals surface area contributed by atoms with E-state index in [0.29, 0.717) is 12.4 Å². The van der Waals surface area contributed by atoms with Gasteiger partial charge >= 0.3 is 0 Å². The molecule has 1 aliphatic carbocycles. The van der Waals surface area contributed by atoms with Gasteiger partial charge < -0.3 is 15.2 Å². The summed E-state index contributed by atoms with van der Waals surface area (Å²) in [5.74, 6) is 0.905. The number of aromatic nitrogens is 5. The zero-order valence-corrected chi connectivity index (χ0v) is 17.3. The Labute approximate surface area is 179 Å². The smallest absolute Gasteiger partial charge is 0.224 e. The van der Waals surface area contributed by atoms with E-state index >= 15 is 0 Å². The van der Waals surface area contributed by atoms with E-state index in [1.807, 2.05) is 30.6 Å². The molecule has 8 nitrogen and oxygen atoms in total. The Bertz CT molecular complexity index is 1310. The quantitative estimate of drug-likeness (QED) is 0.531. The van der Waals surface area contributed by atoms with E-state index in [0.717, 1.165) is 59.0 Å². The standard InChI is InChI=1S/C23H23N7O/c1-23(30-8-2-3-20(30)31)10-15(11-23)28-22-27-13-17-16(12-26-21(17)29-22)14-4-5-18-19(9-14)25-7-6-24-18/h4-7,9,12-13,15H,2-3,8,10-11H2,1H3,(H2,26,27,28,29)/t15-,23+. The molecule has 0 unspecified atom stereocenters. The normalized spacial score (nSPS) is 23.5. The lowest BCUT2D eigenvalue weighted by Gasteiger charge is -2.51. The van der Waals surface area contributed by atoms with Gasteiger partial charge in [0.25, 0.3) is 0 Å². The fourth-order valence-electron chi connectivity index (χ4n) is 5.07. The summed E-state index contributed by atoms with van der Waals surface area (Å²) >= 11 is 0. The van der Waals surface area contributed by atoms with E-state index in [4.69, 9.17) is 0 Å². The van der Waals surface area contributed by atoms with Crippen molar-refractivity contribution in [3.63, 3.8) is 0 Å². The predicted octanol–water partition coefficient (Wildman–Crippen LogP) is 3.52. The van der Waals surface area contributed by atoms with Crippen molar-refractivity contribution in [1.82, 2.24) is 29.8 Å². The second-order valence-electron chi connectivity index (χ2n) is 8.81. The number of nitrogens with one attached hydrogen (secondary N) is 2. The van der Waals surface area contributed by atoms with Crippen molar-refractivity contribution in [2.45, 2.75) is 44.2 Å². The minimum atomic E-state index is -0.0338. The molecule has 0 radical (unpaired) electrons. The Hall–Kier alpha value is -3.55. The largest absolute Gasteiger partial charge is 0.351 e. The maximum absolute atomic E-state index is 12.1. The van der Waals surface area contributed by atoms with E-state index in [1.54, 1.807) is 12.4 Å². The molecule has 8 heteroatoms. The van der Waals surface area contributed by atoms with Crippen molar-refractivity contribution in [3.8, 4) is 11.1 Å². The summed E-state index contributed by atoms with van der Waals surface area (Å²) in [7, 11) is 0. The number of carbonyl (C=O) groups excluding carboxylic acids is 1. The first-order valence-corrected chi connectivity index (χ1v) is 10.7. The van der Waals surface area contributed by atoms with Crippen molar-refractivity contribution >= 4 is 33.9 Å². The molecule has 2 fully saturated rings. The van der Waals surface area contributed by atoms with Gasteiger partial charge in [0.2, 0.25) is 11.9 Å². The fourth-order valence-corrected chi connectivity index (χ4v) is 5.07. The van der Waals surface area contributed by atoms with Crippen LogP contribution in [0.2, 0.25) is 0 Å². The molecule has 1 saturated heterocycles. The molecule has 0 bridgehead atoms. The number of aromatic amines is 1. The van der Waals surface area contributed by atoms with Crippen molar-refractivity contribution in [1.29, 1.82) is 0 Å². The van der Waals surface area contributed by atoms with Gasteiger partial charge in [-0.3, -0.25) is 14.8 Å². The molecule has 2 N–H and O–H groups in total. The number of hydrogen-bond acceptors (Lipinski definition) is 6. The Morgan fingerprint density at radius 3 is 2.81 bits per heavy atom. The van der Waals surface area contributed by atoms with Crippen molar-refractivity contribution in [3.05, 3.63) is 43.0 Å². The summed E-state index contributed by atoms with van der Waals surface area (Å²) in [5.41, 5.74) is 4.58. The van der Waals surface area contributed by atoms with Crippen LogP contribution in [0.5, 0.6) is 0 Å². The van der Waals surface area contributed by atoms with E-state index in [-0.39, 0.29) is 17.5 Å². The van der Waals surface area contributed by atoms with Crippen LogP contribution in [0.4, 0.5) is 5.95 Å². The third-order valence-electron chi connectivity index (χ3n) is 6.64. The summed E-state index contributed by atoms with van der Waals surface area (Å²) in [6.45, 7) is 3.07. The number of rotatable bonds is 4. The van der Waals surface area contributed by atoms with E-state index < -0.39 is 0 Å². The van der Waals surface area contributed by atoms with Gasteiger partial charge in [0, 0.05) is 60.3 Å². The molecule has 4 aromatic rings. The summed E-state index contributed by atoms with van der Waals surface area (Å²) in [6, 6.07) is 6.34. The molecule has 4 heterocycles. The lowest BCUT2D eigenvalue weighted by atomic mass is 9.73. The van der Waals surface area contributed by atoms with Crippen LogP contribution in [0.15, 0.2) is 43.0 Å². The average Bonchev–Trinajstić information content (AvgIpc) is 3.38. The highest BCUT2D eigenvalue weighted by Gasteiger charge is 2.48. The van der Waals surface area contributed by atoms with E-state index in [9.17, 15) is 4.79 Å². The van der Waals surface area contributed by atoms with Gasteiger partial charge in [0.05, 0.1) is 11.0 Å². The zero-order valence-electron chi connectivity index (χ0n) is 17.3. The number of H-pyrrole nitrogens is 1. The number of anilines is 1. The number of fused-ring (bicyclic) bond motifs is 2. The molecule has 31 heavy (non-hydrogen) atoms. The van der Waals surface area contributed by atoms with Gasteiger partial charge in [-0.15, -0.1) is 0 Å². The highest BCUT2D eigenvalue weighted by molar-refractivity contribution is 5.95. The van der Waals surface area contributed by atoms with Crippen LogP contribution in [0.3, 0.4) is 0 Å². The fraction of sp³-hybridized carbons (Fsp3) is 0.348. The molecule has 3 aromatic heterocycles. The third kappa shape index (κ3) is 3.01. The molecule has 2 aliphatic rings. The maximum Gasteiger partial charge on any atom is 0.224 e. The molecule has 1 aromatic carbocycles. The number of amides is 1. The summed E-state index contributed by atoms with van der Waals surface area (Å²) in [5, 5.41) is 4.41. The number of carbonyl (C=O) groups is 1. The molecular weight excluding hydrogens is 390 g/mol.